The third-order valence-electron chi connectivity index (χ3n) is 4.83. The quantitative estimate of drug-likeness (QED) is 0.718. The third kappa shape index (κ3) is 3.03. The number of likely N-dealkylation sites (tertiary alicyclic amines) is 1. The summed E-state index contributed by atoms with van der Waals surface area (Å²) in [6.45, 7) is 7.23. The number of carbonyl (C=O) groups excluding carboxylic acids is 1. The summed E-state index contributed by atoms with van der Waals surface area (Å²) in [7, 11) is 0. The zero-order valence-electron chi connectivity index (χ0n) is 15.3. The molecule has 0 aliphatic carbocycles. The van der Waals surface area contributed by atoms with Crippen molar-refractivity contribution in [3.05, 3.63) is 70.9 Å². The van der Waals surface area contributed by atoms with Crippen molar-refractivity contribution in [2.75, 3.05) is 13.1 Å². The molecule has 1 fully saturated rings. The molecule has 1 saturated heterocycles. The van der Waals surface area contributed by atoms with Gasteiger partial charge in [-0.3, -0.25) is 9.78 Å². The first-order chi connectivity index (χ1) is 12.5. The Morgan fingerprint density at radius 3 is 2.62 bits per heavy atom. The molecular formula is C22H22N2O2. The summed E-state index contributed by atoms with van der Waals surface area (Å²) in [4.78, 5) is 19.4. The molecular weight excluding hydrogens is 324 g/mol. The second-order valence-electron chi connectivity index (χ2n) is 7.05. The van der Waals surface area contributed by atoms with Gasteiger partial charge in [0.1, 0.15) is 11.9 Å². The fourth-order valence-corrected chi connectivity index (χ4v) is 3.43. The van der Waals surface area contributed by atoms with Gasteiger partial charge in [-0.2, -0.15) is 0 Å². The minimum atomic E-state index is 0.0511. The summed E-state index contributed by atoms with van der Waals surface area (Å²) < 4.78 is 5.97. The topological polar surface area (TPSA) is 42.4 Å². The van der Waals surface area contributed by atoms with Gasteiger partial charge in [-0.15, -0.1) is 0 Å². The van der Waals surface area contributed by atoms with Crippen LogP contribution in [0.2, 0.25) is 0 Å². The zero-order valence-corrected chi connectivity index (χ0v) is 15.3. The van der Waals surface area contributed by atoms with Crippen LogP contribution in [0.25, 0.3) is 10.9 Å². The predicted molar refractivity (Wildman–Crippen MR) is 103 cm³/mol. The molecule has 0 radical (unpaired) electrons. The van der Waals surface area contributed by atoms with Crippen LogP contribution >= 0.6 is 0 Å². The fraction of sp³-hybridized carbons (Fsp3) is 0.273. The number of pyridine rings is 1. The van der Waals surface area contributed by atoms with Crippen LogP contribution in [0.15, 0.2) is 48.5 Å². The summed E-state index contributed by atoms with van der Waals surface area (Å²) >= 11 is 0. The number of aromatic nitrogens is 1. The van der Waals surface area contributed by atoms with Crippen molar-refractivity contribution in [1.29, 1.82) is 0 Å². The highest BCUT2D eigenvalue weighted by Crippen LogP contribution is 2.26. The number of hydrogen-bond donors (Lipinski definition) is 0. The van der Waals surface area contributed by atoms with Crippen molar-refractivity contribution in [1.82, 2.24) is 9.88 Å². The number of aryl methyl sites for hydroxylation is 3. The van der Waals surface area contributed by atoms with E-state index in [0.717, 1.165) is 33.5 Å². The molecule has 1 aromatic heterocycles. The van der Waals surface area contributed by atoms with Crippen LogP contribution in [0.4, 0.5) is 0 Å². The molecule has 1 aliphatic rings. The smallest absolute Gasteiger partial charge is 0.254 e. The number of para-hydroxylation sites is 1. The van der Waals surface area contributed by atoms with Crippen molar-refractivity contribution >= 4 is 16.8 Å². The lowest BCUT2D eigenvalue weighted by Gasteiger charge is -2.39. The lowest BCUT2D eigenvalue weighted by Crippen LogP contribution is -2.56. The highest BCUT2D eigenvalue weighted by Gasteiger charge is 2.33. The van der Waals surface area contributed by atoms with Crippen molar-refractivity contribution < 1.29 is 9.53 Å². The maximum absolute atomic E-state index is 13.0. The van der Waals surface area contributed by atoms with Gasteiger partial charge in [-0.1, -0.05) is 30.3 Å². The molecule has 2 aromatic carbocycles. The number of benzene rings is 2. The number of carbonyl (C=O) groups is 1. The van der Waals surface area contributed by atoms with Gasteiger partial charge in [-0.05, 0) is 50.1 Å². The van der Waals surface area contributed by atoms with Crippen LogP contribution in [0.5, 0.6) is 5.75 Å². The van der Waals surface area contributed by atoms with E-state index in [0.29, 0.717) is 13.1 Å². The molecule has 0 bridgehead atoms. The van der Waals surface area contributed by atoms with E-state index in [4.69, 9.17) is 4.74 Å². The molecule has 0 spiro atoms. The Morgan fingerprint density at radius 1 is 1.08 bits per heavy atom. The van der Waals surface area contributed by atoms with E-state index in [9.17, 15) is 4.79 Å². The second-order valence-corrected chi connectivity index (χ2v) is 7.05. The molecule has 3 aromatic rings. The van der Waals surface area contributed by atoms with Crippen molar-refractivity contribution in [2.45, 2.75) is 26.9 Å². The Bertz CT molecular complexity index is 991. The Kier molecular flexibility index (Phi) is 4.11. The predicted octanol–water partition coefficient (Wildman–Crippen LogP) is 4.06. The monoisotopic (exact) mass is 346 g/mol. The van der Waals surface area contributed by atoms with Gasteiger partial charge in [0.2, 0.25) is 0 Å². The maximum atomic E-state index is 13.0. The minimum Gasteiger partial charge on any atom is -0.487 e. The van der Waals surface area contributed by atoms with Gasteiger partial charge in [-0.25, -0.2) is 0 Å². The number of amides is 1. The summed E-state index contributed by atoms with van der Waals surface area (Å²) in [6, 6.07) is 15.9. The van der Waals surface area contributed by atoms with Gasteiger partial charge in [0.05, 0.1) is 24.2 Å². The normalized spacial score (nSPS) is 14.3. The zero-order chi connectivity index (χ0) is 18.3. The Labute approximate surface area is 153 Å². The van der Waals surface area contributed by atoms with E-state index in [1.54, 1.807) is 0 Å². The average molecular weight is 346 g/mol. The van der Waals surface area contributed by atoms with Crippen molar-refractivity contribution in [3.63, 3.8) is 0 Å². The largest absolute Gasteiger partial charge is 0.487 e. The van der Waals surface area contributed by atoms with E-state index in [-0.39, 0.29) is 12.0 Å². The Morgan fingerprint density at radius 2 is 1.85 bits per heavy atom. The van der Waals surface area contributed by atoms with E-state index >= 15 is 0 Å². The van der Waals surface area contributed by atoms with Crippen LogP contribution < -0.4 is 4.74 Å². The van der Waals surface area contributed by atoms with Gasteiger partial charge in [0, 0.05) is 11.1 Å². The molecule has 2 heterocycles. The molecule has 0 unspecified atom stereocenters. The molecule has 0 atom stereocenters. The van der Waals surface area contributed by atoms with Gasteiger partial charge < -0.3 is 9.64 Å². The lowest BCUT2D eigenvalue weighted by atomic mass is 10.0. The van der Waals surface area contributed by atoms with Gasteiger partial charge in [0.25, 0.3) is 5.91 Å². The molecule has 0 saturated carbocycles. The standard InChI is InChI=1S/C22H22N2O2/c1-14-6-4-8-17(10-14)26-18-12-24(13-18)22(25)20-11-16(3)23-21-15(2)7-5-9-19(20)21/h4-11,18H,12-13H2,1-3H3. The first-order valence-electron chi connectivity index (χ1n) is 8.91. The van der Waals surface area contributed by atoms with E-state index in [1.165, 1.54) is 5.56 Å². The van der Waals surface area contributed by atoms with E-state index in [1.807, 2.05) is 74.2 Å². The second kappa shape index (κ2) is 6.45. The molecule has 1 amide bonds. The Balaban J connectivity index is 1.51. The summed E-state index contributed by atoms with van der Waals surface area (Å²) in [6.07, 6.45) is 0.0525. The van der Waals surface area contributed by atoms with Crippen LogP contribution in [0.1, 0.15) is 27.2 Å². The van der Waals surface area contributed by atoms with E-state index < -0.39 is 0 Å². The van der Waals surface area contributed by atoms with Crippen molar-refractivity contribution in [2.24, 2.45) is 0 Å². The molecule has 4 nitrogen and oxygen atoms in total. The summed E-state index contributed by atoms with van der Waals surface area (Å²) in [5.41, 5.74) is 4.76. The molecule has 132 valence electrons. The number of ether oxygens (including phenoxy) is 1. The van der Waals surface area contributed by atoms with Gasteiger partial charge in [0.15, 0.2) is 0 Å². The SMILES string of the molecule is Cc1cccc(OC2CN(C(=O)c3cc(C)nc4c(C)cccc34)C2)c1. The maximum Gasteiger partial charge on any atom is 0.254 e. The number of hydrogen-bond acceptors (Lipinski definition) is 3. The van der Waals surface area contributed by atoms with Crippen LogP contribution in [0, 0.1) is 20.8 Å². The first kappa shape index (κ1) is 16.6. The van der Waals surface area contributed by atoms with Crippen LogP contribution in [-0.2, 0) is 0 Å². The fourth-order valence-electron chi connectivity index (χ4n) is 3.43. The van der Waals surface area contributed by atoms with E-state index in [2.05, 4.69) is 4.98 Å². The minimum absolute atomic E-state index is 0.0511. The third-order valence-corrected chi connectivity index (χ3v) is 4.83. The van der Waals surface area contributed by atoms with Crippen molar-refractivity contribution in [3.8, 4) is 5.75 Å². The van der Waals surface area contributed by atoms with Gasteiger partial charge >= 0.3 is 0 Å². The lowest BCUT2D eigenvalue weighted by molar-refractivity contribution is 0.0179. The molecule has 26 heavy (non-hydrogen) atoms. The van der Waals surface area contributed by atoms with Crippen LogP contribution in [-0.4, -0.2) is 35.0 Å². The average Bonchev–Trinajstić information content (AvgIpc) is 2.57. The summed E-state index contributed by atoms with van der Waals surface area (Å²) in [5.74, 6) is 0.915. The highest BCUT2D eigenvalue weighted by molar-refractivity contribution is 6.07. The molecule has 4 rings (SSSR count). The molecule has 1 aliphatic heterocycles. The first-order valence-corrected chi connectivity index (χ1v) is 8.91. The molecule has 0 N–H and O–H groups in total. The number of nitrogens with zero attached hydrogens (tertiary/aromatic N) is 2. The number of fused-ring (bicyclic) bond motifs is 1. The summed E-state index contributed by atoms with van der Waals surface area (Å²) in [5, 5.41) is 0.920. The van der Waals surface area contributed by atoms with Crippen LogP contribution in [0.3, 0.4) is 0 Å². The number of rotatable bonds is 3. The highest BCUT2D eigenvalue weighted by atomic mass is 16.5. The Hall–Kier alpha value is -2.88. The molecule has 4 heteroatoms.